The minimum absolute atomic E-state index is 0.00816. The molecule has 1 aromatic carbocycles. The topological polar surface area (TPSA) is 115 Å². The highest BCUT2D eigenvalue weighted by molar-refractivity contribution is 5.91. The van der Waals surface area contributed by atoms with E-state index in [-0.39, 0.29) is 17.7 Å². The zero-order chi connectivity index (χ0) is 23.4. The molecular weight excluding hydrogens is 420 g/mol. The van der Waals surface area contributed by atoms with Crippen LogP contribution in [0.2, 0.25) is 0 Å². The Labute approximate surface area is 193 Å². The number of nitrogens with two attached hydrogens (primary N) is 1. The second kappa shape index (κ2) is 10.3. The summed E-state index contributed by atoms with van der Waals surface area (Å²) in [5, 5.41) is 4.85. The predicted octanol–water partition coefficient (Wildman–Crippen LogP) is 2.81. The number of carbonyl (C=O) groups is 3. The van der Waals surface area contributed by atoms with E-state index in [1.165, 1.54) is 6.92 Å². The number of hydrogen-bond donors (Lipinski definition) is 2. The maximum atomic E-state index is 13.4. The molecule has 2 heterocycles. The van der Waals surface area contributed by atoms with E-state index in [4.69, 9.17) is 10.5 Å². The quantitative estimate of drug-likeness (QED) is 0.515. The van der Waals surface area contributed by atoms with Crippen LogP contribution in [0.25, 0.3) is 10.8 Å². The first-order valence-corrected chi connectivity index (χ1v) is 11.8. The molecule has 2 aromatic rings. The van der Waals surface area contributed by atoms with Crippen molar-refractivity contribution in [1.82, 2.24) is 15.2 Å². The van der Waals surface area contributed by atoms with Crippen LogP contribution in [0.5, 0.6) is 0 Å². The van der Waals surface area contributed by atoms with Gasteiger partial charge in [0.15, 0.2) is 6.10 Å². The number of carbonyl (C=O) groups excluding carboxylic acids is 3. The lowest BCUT2D eigenvalue weighted by Crippen LogP contribution is -2.52. The summed E-state index contributed by atoms with van der Waals surface area (Å²) in [4.78, 5) is 44.0. The van der Waals surface area contributed by atoms with Gasteiger partial charge in [0.1, 0.15) is 12.2 Å². The fourth-order valence-corrected chi connectivity index (χ4v) is 5.06. The van der Waals surface area contributed by atoms with Crippen LogP contribution < -0.4 is 11.1 Å². The molecule has 2 amide bonds. The summed E-state index contributed by atoms with van der Waals surface area (Å²) < 4.78 is 5.49. The van der Waals surface area contributed by atoms with E-state index >= 15 is 0 Å². The van der Waals surface area contributed by atoms with Gasteiger partial charge >= 0.3 is 5.97 Å². The maximum absolute atomic E-state index is 13.4. The van der Waals surface area contributed by atoms with E-state index in [0.717, 1.165) is 54.9 Å². The Hall–Kier alpha value is -3.00. The smallest absolute Gasteiger partial charge is 0.303 e. The average Bonchev–Trinajstić information content (AvgIpc) is 3.32. The number of pyridine rings is 1. The molecule has 176 valence electrons. The highest BCUT2D eigenvalue weighted by Gasteiger charge is 2.41. The van der Waals surface area contributed by atoms with Gasteiger partial charge in [0.25, 0.3) is 5.91 Å². The first-order chi connectivity index (χ1) is 15.9. The molecule has 1 saturated carbocycles. The van der Waals surface area contributed by atoms with E-state index in [9.17, 15) is 14.4 Å². The summed E-state index contributed by atoms with van der Waals surface area (Å²) in [7, 11) is 0. The number of nitrogens with one attached hydrogen (secondary N) is 1. The van der Waals surface area contributed by atoms with Crippen molar-refractivity contribution in [3.63, 3.8) is 0 Å². The van der Waals surface area contributed by atoms with E-state index in [0.29, 0.717) is 13.0 Å². The van der Waals surface area contributed by atoms with Gasteiger partial charge < -0.3 is 20.7 Å². The van der Waals surface area contributed by atoms with Crippen LogP contribution in [0.3, 0.4) is 0 Å². The lowest BCUT2D eigenvalue weighted by Gasteiger charge is -2.33. The number of aromatic nitrogens is 1. The Morgan fingerprint density at radius 3 is 2.64 bits per heavy atom. The van der Waals surface area contributed by atoms with Crippen LogP contribution in [-0.2, 0) is 19.1 Å². The Kier molecular flexibility index (Phi) is 7.23. The fourth-order valence-electron chi connectivity index (χ4n) is 5.06. The number of ether oxygens (including phenoxy) is 1. The molecule has 1 aromatic heterocycles. The Bertz CT molecular complexity index is 1020. The summed E-state index contributed by atoms with van der Waals surface area (Å²) >= 11 is 0. The van der Waals surface area contributed by atoms with Crippen molar-refractivity contribution in [1.29, 1.82) is 0 Å². The molecule has 2 unspecified atom stereocenters. The van der Waals surface area contributed by atoms with Gasteiger partial charge in [0.05, 0.1) is 0 Å². The molecular formula is C25H32N4O4. The van der Waals surface area contributed by atoms with E-state index in [1.807, 2.05) is 24.3 Å². The lowest BCUT2D eigenvalue weighted by molar-refractivity contribution is -0.164. The van der Waals surface area contributed by atoms with Crippen molar-refractivity contribution in [3.8, 4) is 0 Å². The van der Waals surface area contributed by atoms with Gasteiger partial charge in [0.2, 0.25) is 5.91 Å². The normalized spacial score (nSPS) is 20.9. The van der Waals surface area contributed by atoms with Crippen molar-refractivity contribution >= 4 is 28.6 Å². The van der Waals surface area contributed by atoms with Gasteiger partial charge in [-0.25, -0.2) is 0 Å². The predicted molar refractivity (Wildman–Crippen MR) is 124 cm³/mol. The van der Waals surface area contributed by atoms with Crippen molar-refractivity contribution in [2.75, 3.05) is 6.54 Å². The van der Waals surface area contributed by atoms with Crippen molar-refractivity contribution in [2.24, 2.45) is 11.7 Å². The van der Waals surface area contributed by atoms with E-state index < -0.39 is 24.3 Å². The van der Waals surface area contributed by atoms with Gasteiger partial charge in [-0.15, -0.1) is 0 Å². The van der Waals surface area contributed by atoms with Crippen LogP contribution in [0, 0.1) is 5.92 Å². The minimum atomic E-state index is -0.820. The highest BCUT2D eigenvalue weighted by atomic mass is 16.5. The summed E-state index contributed by atoms with van der Waals surface area (Å²) in [6.07, 6.45) is 8.15. The van der Waals surface area contributed by atoms with Gasteiger partial charge in [0, 0.05) is 37.2 Å². The molecule has 1 saturated heterocycles. The standard InChI is InChI=1S/C25H32N4O4/c1-16(30)33-22(17-6-3-2-4-7-17)25(32)29-13-5-8-21(29)24(31)28-23(26)19-9-10-20-15-27-12-11-18(20)14-19/h9-12,14-15,17,21-23H,2-8,13,26H2,1H3,(H,28,31)/t21-,22?,23?/m0/s1. The second-order valence-corrected chi connectivity index (χ2v) is 9.09. The zero-order valence-corrected chi connectivity index (χ0v) is 19.0. The Morgan fingerprint density at radius 1 is 1.09 bits per heavy atom. The third-order valence-electron chi connectivity index (χ3n) is 6.77. The average molecular weight is 453 g/mol. The third kappa shape index (κ3) is 5.33. The Balaban J connectivity index is 1.45. The molecule has 1 aliphatic heterocycles. The summed E-state index contributed by atoms with van der Waals surface area (Å²) in [6.45, 7) is 1.80. The molecule has 2 aliphatic rings. The third-order valence-corrected chi connectivity index (χ3v) is 6.77. The van der Waals surface area contributed by atoms with E-state index in [1.54, 1.807) is 17.3 Å². The molecule has 8 heteroatoms. The lowest BCUT2D eigenvalue weighted by atomic mass is 9.84. The SMILES string of the molecule is CC(=O)OC(C(=O)N1CCC[C@H]1C(=O)NC(N)c1ccc2cnccc2c1)C1CCCCC1. The zero-order valence-electron chi connectivity index (χ0n) is 19.0. The fraction of sp³-hybridized carbons (Fsp3) is 0.520. The van der Waals surface area contributed by atoms with Gasteiger partial charge in [-0.2, -0.15) is 0 Å². The largest absolute Gasteiger partial charge is 0.452 e. The summed E-state index contributed by atoms with van der Waals surface area (Å²) in [5.41, 5.74) is 7.07. The molecule has 0 spiro atoms. The molecule has 8 nitrogen and oxygen atoms in total. The Morgan fingerprint density at radius 2 is 1.88 bits per heavy atom. The number of nitrogens with zero attached hydrogens (tertiary/aromatic N) is 2. The maximum Gasteiger partial charge on any atom is 0.303 e. The number of fused-ring (bicyclic) bond motifs is 1. The number of amides is 2. The van der Waals surface area contributed by atoms with Crippen LogP contribution >= 0.6 is 0 Å². The highest BCUT2D eigenvalue weighted by Crippen LogP contribution is 2.31. The number of rotatable bonds is 6. The summed E-state index contributed by atoms with van der Waals surface area (Å²) in [6, 6.07) is 7.00. The van der Waals surface area contributed by atoms with Crippen molar-refractivity contribution in [2.45, 2.75) is 70.2 Å². The molecule has 33 heavy (non-hydrogen) atoms. The first kappa shape index (κ1) is 23.2. The second-order valence-electron chi connectivity index (χ2n) is 9.09. The van der Waals surface area contributed by atoms with Crippen LogP contribution in [-0.4, -0.2) is 46.4 Å². The van der Waals surface area contributed by atoms with Gasteiger partial charge in [-0.05, 0) is 48.8 Å². The molecule has 0 bridgehead atoms. The number of likely N-dealkylation sites (tertiary alicyclic amines) is 1. The molecule has 3 N–H and O–H groups in total. The van der Waals surface area contributed by atoms with Crippen LogP contribution in [0.4, 0.5) is 0 Å². The van der Waals surface area contributed by atoms with Gasteiger partial charge in [-0.1, -0.05) is 31.4 Å². The molecule has 2 fully saturated rings. The number of benzene rings is 1. The number of esters is 1. The number of hydrogen-bond acceptors (Lipinski definition) is 6. The van der Waals surface area contributed by atoms with Gasteiger partial charge in [-0.3, -0.25) is 19.4 Å². The molecule has 0 radical (unpaired) electrons. The van der Waals surface area contributed by atoms with E-state index in [2.05, 4.69) is 10.3 Å². The van der Waals surface area contributed by atoms with Crippen LogP contribution in [0.15, 0.2) is 36.7 Å². The molecule has 4 rings (SSSR count). The minimum Gasteiger partial charge on any atom is -0.452 e. The van der Waals surface area contributed by atoms with Crippen LogP contribution in [0.1, 0.15) is 63.6 Å². The monoisotopic (exact) mass is 452 g/mol. The van der Waals surface area contributed by atoms with Crippen molar-refractivity contribution < 1.29 is 19.1 Å². The molecule has 3 atom stereocenters. The summed E-state index contributed by atoms with van der Waals surface area (Å²) in [5.74, 6) is -1.00. The van der Waals surface area contributed by atoms with Crippen molar-refractivity contribution in [3.05, 3.63) is 42.2 Å². The molecule has 1 aliphatic carbocycles. The first-order valence-electron chi connectivity index (χ1n) is 11.8.